The number of carboxylic acid groups (broad SMARTS) is 1. The number of hydrogen-bond donors (Lipinski definition) is 2. The van der Waals surface area contributed by atoms with E-state index in [1.807, 2.05) is 9.78 Å². The van der Waals surface area contributed by atoms with Gasteiger partial charge in [0.2, 0.25) is 5.91 Å². The van der Waals surface area contributed by atoms with E-state index in [-0.39, 0.29) is 12.3 Å². The smallest absolute Gasteiger partial charge is 0.329 e. The third-order valence-electron chi connectivity index (χ3n) is 3.80. The van der Waals surface area contributed by atoms with Gasteiger partial charge in [0, 0.05) is 23.5 Å². The Kier molecular flexibility index (Phi) is 3.21. The zero-order valence-corrected chi connectivity index (χ0v) is 11.7. The minimum Gasteiger partial charge on any atom is -0.480 e. The molecule has 0 saturated heterocycles. The highest BCUT2D eigenvalue weighted by atomic mass is 32.1. The summed E-state index contributed by atoms with van der Waals surface area (Å²) in [6.45, 7) is 0. The summed E-state index contributed by atoms with van der Waals surface area (Å²) in [5.74, 6) is -1.18. The normalized spacial score (nSPS) is 17.4. The summed E-state index contributed by atoms with van der Waals surface area (Å²) in [7, 11) is 0. The monoisotopic (exact) mass is 293 g/mol. The van der Waals surface area contributed by atoms with Crippen LogP contribution in [0.4, 0.5) is 0 Å². The minimum atomic E-state index is -1.07. The van der Waals surface area contributed by atoms with Crippen molar-refractivity contribution in [2.75, 3.05) is 0 Å². The van der Waals surface area contributed by atoms with Gasteiger partial charge in [-0.15, -0.1) is 11.3 Å². The Labute approximate surface area is 119 Å². The second-order valence-electron chi connectivity index (χ2n) is 5.13. The number of carbonyl (C=O) groups is 2. The van der Waals surface area contributed by atoms with E-state index in [1.165, 1.54) is 11.3 Å². The van der Waals surface area contributed by atoms with E-state index in [1.54, 1.807) is 12.4 Å². The van der Waals surface area contributed by atoms with Crippen molar-refractivity contribution in [2.45, 2.75) is 37.6 Å². The Morgan fingerprint density at radius 1 is 1.45 bits per heavy atom. The molecule has 2 N–H and O–H groups in total. The maximum Gasteiger partial charge on any atom is 0.329 e. The molecule has 7 heteroatoms. The number of rotatable bonds is 4. The number of amides is 1. The average Bonchev–Trinajstić information content (AvgIpc) is 3.07. The summed E-state index contributed by atoms with van der Waals surface area (Å²) in [6.07, 6.45) is 6.37. The van der Waals surface area contributed by atoms with E-state index in [2.05, 4.69) is 10.3 Å². The maximum absolute atomic E-state index is 12.1. The van der Waals surface area contributed by atoms with Crippen molar-refractivity contribution < 1.29 is 14.7 Å². The van der Waals surface area contributed by atoms with Gasteiger partial charge in [0.25, 0.3) is 0 Å². The molecule has 0 radical (unpaired) electrons. The third kappa shape index (κ3) is 2.18. The highest BCUT2D eigenvalue weighted by Gasteiger charge is 2.42. The van der Waals surface area contributed by atoms with Gasteiger partial charge < -0.3 is 10.4 Å². The molecule has 3 rings (SSSR count). The average molecular weight is 293 g/mol. The maximum atomic E-state index is 12.1. The van der Waals surface area contributed by atoms with Gasteiger partial charge in [-0.2, -0.15) is 0 Å². The van der Waals surface area contributed by atoms with E-state index in [9.17, 15) is 14.7 Å². The lowest BCUT2D eigenvalue weighted by Crippen LogP contribution is -2.53. The standard InChI is InChI=1S/C13H15N3O3S/c17-10(15-13(11(18)19)3-1-2-4-13)7-9-8-20-12-14-5-6-16(9)12/h5-6,8H,1-4,7H2,(H,15,17)(H,18,19). The fourth-order valence-electron chi connectivity index (χ4n) is 2.75. The molecule has 0 aromatic carbocycles. The van der Waals surface area contributed by atoms with Gasteiger partial charge in [-0.1, -0.05) is 12.8 Å². The second kappa shape index (κ2) is 4.90. The molecule has 2 aromatic heterocycles. The molecule has 1 aliphatic carbocycles. The van der Waals surface area contributed by atoms with Crippen LogP contribution >= 0.6 is 11.3 Å². The minimum absolute atomic E-state index is 0.172. The summed E-state index contributed by atoms with van der Waals surface area (Å²) >= 11 is 1.47. The molecule has 6 nitrogen and oxygen atoms in total. The van der Waals surface area contributed by atoms with Crippen LogP contribution in [0.15, 0.2) is 17.8 Å². The predicted molar refractivity (Wildman–Crippen MR) is 73.8 cm³/mol. The molecule has 2 aromatic rings. The number of aliphatic carboxylic acids is 1. The number of hydrogen-bond acceptors (Lipinski definition) is 4. The Morgan fingerprint density at radius 3 is 2.90 bits per heavy atom. The molecule has 1 saturated carbocycles. The molecule has 1 fully saturated rings. The van der Waals surface area contributed by atoms with Gasteiger partial charge in [-0.25, -0.2) is 9.78 Å². The summed E-state index contributed by atoms with van der Waals surface area (Å²) in [4.78, 5) is 28.5. The number of carbonyl (C=O) groups excluding carboxylic acids is 1. The summed E-state index contributed by atoms with van der Waals surface area (Å²) in [6, 6.07) is 0. The van der Waals surface area contributed by atoms with Gasteiger partial charge in [0.15, 0.2) is 4.96 Å². The Balaban J connectivity index is 1.74. The SMILES string of the molecule is O=C(Cc1csc2nccn12)NC1(C(=O)O)CCCC1. The molecule has 0 atom stereocenters. The zero-order chi connectivity index (χ0) is 14.2. The second-order valence-corrected chi connectivity index (χ2v) is 5.96. The number of nitrogens with one attached hydrogen (secondary N) is 1. The lowest BCUT2D eigenvalue weighted by molar-refractivity contribution is -0.147. The van der Waals surface area contributed by atoms with Crippen molar-refractivity contribution in [3.63, 3.8) is 0 Å². The molecule has 2 heterocycles. The molecule has 0 aliphatic heterocycles. The van der Waals surface area contributed by atoms with Crippen molar-refractivity contribution in [3.05, 3.63) is 23.5 Å². The Hall–Kier alpha value is -1.89. The van der Waals surface area contributed by atoms with E-state index >= 15 is 0 Å². The first-order valence-electron chi connectivity index (χ1n) is 6.55. The fourth-order valence-corrected chi connectivity index (χ4v) is 3.60. The van der Waals surface area contributed by atoms with Crippen LogP contribution in [0.5, 0.6) is 0 Å². The van der Waals surface area contributed by atoms with Crippen molar-refractivity contribution in [1.29, 1.82) is 0 Å². The number of thiazole rings is 1. The van der Waals surface area contributed by atoms with E-state index < -0.39 is 11.5 Å². The van der Waals surface area contributed by atoms with E-state index in [0.29, 0.717) is 12.8 Å². The van der Waals surface area contributed by atoms with Crippen LogP contribution in [-0.4, -0.2) is 31.9 Å². The van der Waals surface area contributed by atoms with Crippen molar-refractivity contribution in [2.24, 2.45) is 0 Å². The number of fused-ring (bicyclic) bond motifs is 1. The number of aromatic nitrogens is 2. The van der Waals surface area contributed by atoms with Crippen LogP contribution in [0, 0.1) is 0 Å². The first-order valence-corrected chi connectivity index (χ1v) is 7.42. The molecular formula is C13H15N3O3S. The number of imidazole rings is 1. The molecule has 20 heavy (non-hydrogen) atoms. The van der Waals surface area contributed by atoms with Gasteiger partial charge in [-0.05, 0) is 12.8 Å². The quantitative estimate of drug-likeness (QED) is 0.893. The number of carboxylic acids is 1. The topological polar surface area (TPSA) is 83.7 Å². The lowest BCUT2D eigenvalue weighted by atomic mass is 9.97. The summed E-state index contributed by atoms with van der Waals surface area (Å²) < 4.78 is 1.85. The summed E-state index contributed by atoms with van der Waals surface area (Å²) in [5.41, 5.74) is -0.236. The van der Waals surface area contributed by atoms with Gasteiger partial charge in [0.1, 0.15) is 5.54 Å². The Morgan fingerprint density at radius 2 is 2.20 bits per heavy atom. The molecule has 106 valence electrons. The molecular weight excluding hydrogens is 278 g/mol. The molecule has 1 amide bonds. The van der Waals surface area contributed by atoms with Crippen molar-refractivity contribution in [1.82, 2.24) is 14.7 Å². The van der Waals surface area contributed by atoms with Crippen molar-refractivity contribution >= 4 is 28.2 Å². The zero-order valence-electron chi connectivity index (χ0n) is 10.8. The van der Waals surface area contributed by atoms with E-state index in [4.69, 9.17) is 0 Å². The van der Waals surface area contributed by atoms with Crippen LogP contribution in [0.1, 0.15) is 31.4 Å². The fraction of sp³-hybridized carbons (Fsp3) is 0.462. The summed E-state index contributed by atoms with van der Waals surface area (Å²) in [5, 5.41) is 13.9. The molecule has 0 spiro atoms. The third-order valence-corrected chi connectivity index (χ3v) is 4.71. The lowest BCUT2D eigenvalue weighted by Gasteiger charge is -2.25. The van der Waals surface area contributed by atoms with Gasteiger partial charge in [0.05, 0.1) is 6.42 Å². The van der Waals surface area contributed by atoms with Crippen LogP contribution in [0.3, 0.4) is 0 Å². The van der Waals surface area contributed by atoms with Crippen LogP contribution < -0.4 is 5.32 Å². The van der Waals surface area contributed by atoms with Crippen LogP contribution in [0.25, 0.3) is 4.96 Å². The van der Waals surface area contributed by atoms with Crippen LogP contribution in [-0.2, 0) is 16.0 Å². The predicted octanol–water partition coefficient (Wildman–Crippen LogP) is 1.45. The van der Waals surface area contributed by atoms with Gasteiger partial charge >= 0.3 is 5.97 Å². The highest BCUT2D eigenvalue weighted by Crippen LogP contribution is 2.30. The van der Waals surface area contributed by atoms with Crippen LogP contribution in [0.2, 0.25) is 0 Å². The molecule has 0 bridgehead atoms. The van der Waals surface area contributed by atoms with Crippen molar-refractivity contribution in [3.8, 4) is 0 Å². The Bertz CT molecular complexity index is 655. The first-order chi connectivity index (χ1) is 9.61. The highest BCUT2D eigenvalue weighted by molar-refractivity contribution is 7.15. The van der Waals surface area contributed by atoms with Gasteiger partial charge in [-0.3, -0.25) is 9.20 Å². The largest absolute Gasteiger partial charge is 0.480 e. The number of nitrogens with zero attached hydrogens (tertiary/aromatic N) is 2. The molecule has 1 aliphatic rings. The molecule has 0 unspecified atom stereocenters. The first kappa shape index (κ1) is 13.1. The van der Waals surface area contributed by atoms with E-state index in [0.717, 1.165) is 23.5 Å².